The normalized spacial score (nSPS) is 15.3. The molecule has 0 unspecified atom stereocenters. The maximum atomic E-state index is 11.9. The predicted molar refractivity (Wildman–Crippen MR) is 70.1 cm³/mol. The molecule has 17 heavy (non-hydrogen) atoms. The molecule has 0 saturated carbocycles. The fraction of sp³-hybridized carbons (Fsp3) is 0.533. The van der Waals surface area contributed by atoms with Crippen LogP contribution in [0.2, 0.25) is 0 Å². The second kappa shape index (κ2) is 5.35. The first-order valence-electron chi connectivity index (χ1n) is 6.51. The Morgan fingerprint density at radius 3 is 2.53 bits per heavy atom. The van der Waals surface area contributed by atoms with Gasteiger partial charge in [-0.05, 0) is 49.8 Å². The van der Waals surface area contributed by atoms with Crippen LogP contribution in [0.3, 0.4) is 0 Å². The molecule has 0 spiro atoms. The zero-order valence-corrected chi connectivity index (χ0v) is 10.8. The van der Waals surface area contributed by atoms with Crippen LogP contribution in [0.5, 0.6) is 0 Å². The maximum Gasteiger partial charge on any atom is 0.222 e. The number of amides is 1. The Balaban J connectivity index is 1.88. The van der Waals surface area contributed by atoms with Gasteiger partial charge in [-0.15, -0.1) is 0 Å². The second-order valence-electron chi connectivity index (χ2n) is 5.01. The third-order valence-electron chi connectivity index (χ3n) is 3.66. The summed E-state index contributed by atoms with van der Waals surface area (Å²) in [4.78, 5) is 13.9. The van der Waals surface area contributed by atoms with Crippen molar-refractivity contribution in [1.29, 1.82) is 0 Å². The van der Waals surface area contributed by atoms with Crippen molar-refractivity contribution in [2.75, 3.05) is 13.1 Å². The van der Waals surface area contributed by atoms with Crippen LogP contribution in [0.25, 0.3) is 0 Å². The van der Waals surface area contributed by atoms with E-state index in [-0.39, 0.29) is 0 Å². The highest BCUT2D eigenvalue weighted by molar-refractivity contribution is 5.76. The summed E-state index contributed by atoms with van der Waals surface area (Å²) in [6, 6.07) is 6.48. The molecule has 0 bridgehead atoms. The summed E-state index contributed by atoms with van der Waals surface area (Å²) in [7, 11) is 0. The number of hydrogen-bond donors (Lipinski definition) is 0. The van der Waals surface area contributed by atoms with E-state index in [1.807, 2.05) is 4.90 Å². The summed E-state index contributed by atoms with van der Waals surface area (Å²) in [5.74, 6) is 0.320. The van der Waals surface area contributed by atoms with Crippen LogP contribution in [-0.2, 0) is 11.2 Å². The van der Waals surface area contributed by atoms with Gasteiger partial charge in [-0.2, -0.15) is 0 Å². The van der Waals surface area contributed by atoms with Crippen molar-refractivity contribution in [2.45, 2.75) is 39.5 Å². The molecule has 0 atom stereocenters. The van der Waals surface area contributed by atoms with E-state index in [0.29, 0.717) is 12.3 Å². The molecule has 2 rings (SSSR count). The van der Waals surface area contributed by atoms with E-state index in [1.54, 1.807) is 0 Å². The summed E-state index contributed by atoms with van der Waals surface area (Å²) < 4.78 is 0. The van der Waals surface area contributed by atoms with Gasteiger partial charge in [0.1, 0.15) is 0 Å². The number of aryl methyl sites for hydroxylation is 3. The zero-order valence-electron chi connectivity index (χ0n) is 10.8. The van der Waals surface area contributed by atoms with E-state index in [1.165, 1.54) is 29.5 Å². The van der Waals surface area contributed by atoms with E-state index in [4.69, 9.17) is 0 Å². The van der Waals surface area contributed by atoms with Gasteiger partial charge < -0.3 is 4.90 Å². The molecule has 0 radical (unpaired) electrons. The van der Waals surface area contributed by atoms with Crippen molar-refractivity contribution in [3.8, 4) is 0 Å². The molecule has 1 aromatic rings. The molecule has 2 nitrogen and oxygen atoms in total. The van der Waals surface area contributed by atoms with Gasteiger partial charge in [0.25, 0.3) is 0 Å². The molecule has 1 aliphatic rings. The van der Waals surface area contributed by atoms with Gasteiger partial charge >= 0.3 is 0 Å². The van der Waals surface area contributed by atoms with E-state index in [0.717, 1.165) is 19.5 Å². The van der Waals surface area contributed by atoms with E-state index >= 15 is 0 Å². The Bertz CT molecular complexity index is 405. The Morgan fingerprint density at radius 1 is 1.18 bits per heavy atom. The lowest BCUT2D eigenvalue weighted by Crippen LogP contribution is -2.27. The van der Waals surface area contributed by atoms with Crippen molar-refractivity contribution in [3.63, 3.8) is 0 Å². The van der Waals surface area contributed by atoms with Crippen LogP contribution in [0, 0.1) is 13.8 Å². The second-order valence-corrected chi connectivity index (χ2v) is 5.01. The van der Waals surface area contributed by atoms with Crippen LogP contribution in [0.15, 0.2) is 18.2 Å². The van der Waals surface area contributed by atoms with Crippen molar-refractivity contribution in [3.05, 3.63) is 34.9 Å². The summed E-state index contributed by atoms with van der Waals surface area (Å²) in [6.45, 7) is 6.17. The first-order chi connectivity index (χ1) is 8.16. The van der Waals surface area contributed by atoms with Crippen LogP contribution in [0.1, 0.15) is 36.0 Å². The number of carbonyl (C=O) groups is 1. The fourth-order valence-electron chi connectivity index (χ4n) is 2.33. The molecule has 1 amide bonds. The minimum absolute atomic E-state index is 0.320. The van der Waals surface area contributed by atoms with E-state index < -0.39 is 0 Å². The Hall–Kier alpha value is -1.31. The Labute approximate surface area is 104 Å². The van der Waals surface area contributed by atoms with Crippen LogP contribution < -0.4 is 0 Å². The average Bonchev–Trinajstić information content (AvgIpc) is 2.84. The minimum Gasteiger partial charge on any atom is -0.343 e. The third kappa shape index (κ3) is 3.09. The lowest BCUT2D eigenvalue weighted by Gasteiger charge is -2.15. The highest BCUT2D eigenvalue weighted by atomic mass is 16.2. The summed E-state index contributed by atoms with van der Waals surface area (Å²) in [5.41, 5.74) is 3.91. The first kappa shape index (κ1) is 12.2. The first-order valence-corrected chi connectivity index (χ1v) is 6.51. The van der Waals surface area contributed by atoms with Gasteiger partial charge in [0.15, 0.2) is 0 Å². The molecule has 1 aliphatic heterocycles. The molecular weight excluding hydrogens is 210 g/mol. The van der Waals surface area contributed by atoms with Crippen molar-refractivity contribution in [1.82, 2.24) is 4.90 Å². The standard InChI is InChI=1S/C15H21NO/c1-12-5-6-14(11-13(12)2)7-8-15(17)16-9-3-4-10-16/h5-6,11H,3-4,7-10H2,1-2H3. The van der Waals surface area contributed by atoms with Gasteiger partial charge in [0.05, 0.1) is 0 Å². The molecule has 0 aliphatic carbocycles. The number of rotatable bonds is 3. The van der Waals surface area contributed by atoms with Crippen LogP contribution in [0.4, 0.5) is 0 Å². The number of benzene rings is 1. The van der Waals surface area contributed by atoms with E-state index in [9.17, 15) is 4.79 Å². The van der Waals surface area contributed by atoms with Crippen LogP contribution >= 0.6 is 0 Å². The number of nitrogens with zero attached hydrogens (tertiary/aromatic N) is 1. The van der Waals surface area contributed by atoms with Gasteiger partial charge in [-0.3, -0.25) is 4.79 Å². The predicted octanol–water partition coefficient (Wildman–Crippen LogP) is 2.86. The van der Waals surface area contributed by atoms with Gasteiger partial charge in [0.2, 0.25) is 5.91 Å². The zero-order chi connectivity index (χ0) is 12.3. The Morgan fingerprint density at radius 2 is 1.88 bits per heavy atom. The number of carbonyl (C=O) groups excluding carboxylic acids is 1. The highest BCUT2D eigenvalue weighted by Gasteiger charge is 2.17. The lowest BCUT2D eigenvalue weighted by atomic mass is 10.0. The SMILES string of the molecule is Cc1ccc(CCC(=O)N2CCCC2)cc1C. The third-order valence-corrected chi connectivity index (χ3v) is 3.66. The molecule has 1 heterocycles. The average molecular weight is 231 g/mol. The van der Waals surface area contributed by atoms with Crippen LogP contribution in [-0.4, -0.2) is 23.9 Å². The van der Waals surface area contributed by atoms with E-state index in [2.05, 4.69) is 32.0 Å². The largest absolute Gasteiger partial charge is 0.343 e. The molecule has 1 aromatic carbocycles. The highest BCUT2D eigenvalue weighted by Crippen LogP contribution is 2.14. The lowest BCUT2D eigenvalue weighted by molar-refractivity contribution is -0.130. The summed E-state index contributed by atoms with van der Waals surface area (Å²) >= 11 is 0. The smallest absolute Gasteiger partial charge is 0.222 e. The molecular formula is C15H21NO. The molecule has 0 aromatic heterocycles. The fourth-order valence-corrected chi connectivity index (χ4v) is 2.33. The molecule has 2 heteroatoms. The topological polar surface area (TPSA) is 20.3 Å². The van der Waals surface area contributed by atoms with Crippen molar-refractivity contribution < 1.29 is 4.79 Å². The Kier molecular flexibility index (Phi) is 3.82. The van der Waals surface area contributed by atoms with Gasteiger partial charge in [-0.25, -0.2) is 0 Å². The summed E-state index contributed by atoms with van der Waals surface area (Å²) in [6.07, 6.45) is 3.88. The monoisotopic (exact) mass is 231 g/mol. The molecule has 0 N–H and O–H groups in total. The number of hydrogen-bond acceptors (Lipinski definition) is 1. The maximum absolute atomic E-state index is 11.9. The quantitative estimate of drug-likeness (QED) is 0.783. The van der Waals surface area contributed by atoms with Gasteiger partial charge in [0, 0.05) is 19.5 Å². The van der Waals surface area contributed by atoms with Crippen molar-refractivity contribution >= 4 is 5.91 Å². The minimum atomic E-state index is 0.320. The molecule has 1 saturated heterocycles. The summed E-state index contributed by atoms with van der Waals surface area (Å²) in [5, 5.41) is 0. The number of likely N-dealkylation sites (tertiary alicyclic amines) is 1. The van der Waals surface area contributed by atoms with Gasteiger partial charge in [-0.1, -0.05) is 18.2 Å². The molecule has 92 valence electrons. The van der Waals surface area contributed by atoms with Crippen molar-refractivity contribution in [2.24, 2.45) is 0 Å². The molecule has 1 fully saturated rings.